The van der Waals surface area contributed by atoms with E-state index in [1.165, 1.54) is 11.3 Å². The van der Waals surface area contributed by atoms with Gasteiger partial charge in [-0.15, -0.1) is 11.3 Å². The van der Waals surface area contributed by atoms with Gasteiger partial charge in [0.15, 0.2) is 16.3 Å². The molecule has 0 saturated carbocycles. The van der Waals surface area contributed by atoms with E-state index in [1.807, 2.05) is 25.5 Å². The molecule has 0 aliphatic heterocycles. The van der Waals surface area contributed by atoms with Crippen molar-refractivity contribution in [1.82, 2.24) is 4.57 Å². The predicted molar refractivity (Wildman–Crippen MR) is 89.7 cm³/mol. The van der Waals surface area contributed by atoms with Gasteiger partial charge in [-0.3, -0.25) is 4.79 Å². The molecule has 0 spiro atoms. The highest BCUT2D eigenvalue weighted by atomic mass is 79.9. The van der Waals surface area contributed by atoms with Crippen LogP contribution in [-0.4, -0.2) is 24.2 Å². The molecule has 0 N–H and O–H groups in total. The van der Waals surface area contributed by atoms with Crippen LogP contribution in [0.2, 0.25) is 0 Å². The topological polar surface area (TPSA) is 52.8 Å². The Kier molecular flexibility index (Phi) is 5.79. The van der Waals surface area contributed by atoms with Crippen molar-refractivity contribution < 1.29 is 14.3 Å². The van der Waals surface area contributed by atoms with Crippen molar-refractivity contribution in [2.24, 2.45) is 12.0 Å². The number of hydrogen-bond acceptors (Lipinski definition) is 4. The summed E-state index contributed by atoms with van der Waals surface area (Å²) in [7, 11) is 3.39. The summed E-state index contributed by atoms with van der Waals surface area (Å²) in [6.45, 7) is 2.61. The summed E-state index contributed by atoms with van der Waals surface area (Å²) in [5, 5.41) is 1.88. The lowest BCUT2D eigenvalue weighted by Crippen LogP contribution is -2.12. The molecule has 1 aromatic heterocycles. The first-order valence-electron chi connectivity index (χ1n) is 6.76. The van der Waals surface area contributed by atoms with E-state index in [4.69, 9.17) is 9.47 Å². The van der Waals surface area contributed by atoms with E-state index in [2.05, 4.69) is 20.9 Å². The van der Waals surface area contributed by atoms with Crippen molar-refractivity contribution in [2.75, 3.05) is 13.7 Å². The fourth-order valence-corrected chi connectivity index (χ4v) is 3.06. The number of halogens is 1. The van der Waals surface area contributed by atoms with E-state index >= 15 is 0 Å². The molecule has 5 nitrogen and oxygen atoms in total. The van der Waals surface area contributed by atoms with Crippen LogP contribution in [0.4, 0.5) is 0 Å². The zero-order valence-corrected chi connectivity index (χ0v) is 15.0. The molecule has 22 heavy (non-hydrogen) atoms. The third-order valence-corrected chi connectivity index (χ3v) is 4.32. The van der Waals surface area contributed by atoms with Gasteiger partial charge in [-0.2, -0.15) is 4.99 Å². The minimum absolute atomic E-state index is 0.320. The Balaban J connectivity index is 2.38. The Morgan fingerprint density at radius 3 is 2.82 bits per heavy atom. The standard InChI is InChI=1S/C15H17BrN2O3S/c1-4-6-21-13-11(16)8-10(9-12(13)20-3)14(19)17-15-18(2)5-7-22-15/h5,7-9H,4,6H2,1-3H3. The van der Waals surface area contributed by atoms with E-state index in [9.17, 15) is 4.79 Å². The first-order chi connectivity index (χ1) is 10.6. The zero-order chi connectivity index (χ0) is 16.1. The maximum Gasteiger partial charge on any atom is 0.279 e. The van der Waals surface area contributed by atoms with Crippen LogP contribution in [0.3, 0.4) is 0 Å². The van der Waals surface area contributed by atoms with Gasteiger partial charge in [-0.05, 0) is 34.5 Å². The van der Waals surface area contributed by atoms with Crippen molar-refractivity contribution in [3.8, 4) is 11.5 Å². The number of aryl methyl sites for hydroxylation is 1. The monoisotopic (exact) mass is 384 g/mol. The molecule has 0 saturated heterocycles. The molecule has 0 bridgehead atoms. The molecule has 1 aromatic carbocycles. The largest absolute Gasteiger partial charge is 0.493 e. The smallest absolute Gasteiger partial charge is 0.279 e. The van der Waals surface area contributed by atoms with Gasteiger partial charge >= 0.3 is 0 Å². The molecule has 0 unspecified atom stereocenters. The van der Waals surface area contributed by atoms with Gasteiger partial charge in [-0.1, -0.05) is 6.92 Å². The number of carbonyl (C=O) groups is 1. The van der Waals surface area contributed by atoms with Crippen LogP contribution in [0.5, 0.6) is 11.5 Å². The van der Waals surface area contributed by atoms with E-state index < -0.39 is 0 Å². The normalized spacial score (nSPS) is 11.5. The number of thiazole rings is 1. The molecule has 1 amide bonds. The number of methoxy groups -OCH3 is 1. The molecule has 0 aliphatic rings. The molecule has 0 aliphatic carbocycles. The number of amides is 1. The quantitative estimate of drug-likeness (QED) is 0.793. The van der Waals surface area contributed by atoms with Crippen molar-refractivity contribution in [3.05, 3.63) is 38.5 Å². The highest BCUT2D eigenvalue weighted by Crippen LogP contribution is 2.36. The van der Waals surface area contributed by atoms with Gasteiger partial charge in [0.1, 0.15) is 0 Å². The molecule has 118 valence electrons. The fraction of sp³-hybridized carbons (Fsp3) is 0.333. The molecule has 2 aromatic rings. The lowest BCUT2D eigenvalue weighted by Gasteiger charge is -2.12. The Labute approximate surface area is 141 Å². The highest BCUT2D eigenvalue weighted by molar-refractivity contribution is 9.10. The van der Waals surface area contributed by atoms with Crippen molar-refractivity contribution in [2.45, 2.75) is 13.3 Å². The predicted octanol–water partition coefficient (Wildman–Crippen LogP) is 3.39. The Morgan fingerprint density at radius 2 is 2.23 bits per heavy atom. The SMILES string of the molecule is CCCOc1c(Br)cc(C(=O)N=c2sccn2C)cc1OC. The number of aromatic nitrogens is 1. The van der Waals surface area contributed by atoms with Crippen molar-refractivity contribution >= 4 is 33.2 Å². The third-order valence-electron chi connectivity index (χ3n) is 2.88. The lowest BCUT2D eigenvalue weighted by atomic mass is 10.2. The van der Waals surface area contributed by atoms with Crippen LogP contribution in [-0.2, 0) is 7.05 Å². The second-order valence-electron chi connectivity index (χ2n) is 4.55. The van der Waals surface area contributed by atoms with Gasteiger partial charge < -0.3 is 14.0 Å². The minimum Gasteiger partial charge on any atom is -0.493 e. The second kappa shape index (κ2) is 7.60. The van der Waals surface area contributed by atoms with Gasteiger partial charge in [0.05, 0.1) is 18.2 Å². The molecule has 1 heterocycles. The molecule has 0 fully saturated rings. The number of ether oxygens (including phenoxy) is 2. The average molecular weight is 385 g/mol. The molecular weight excluding hydrogens is 368 g/mol. The molecule has 2 rings (SSSR count). The summed E-state index contributed by atoms with van der Waals surface area (Å²) in [5.74, 6) is 0.790. The summed E-state index contributed by atoms with van der Waals surface area (Å²) in [5.41, 5.74) is 0.445. The number of nitrogens with zero attached hydrogens (tertiary/aromatic N) is 2. The van der Waals surface area contributed by atoms with E-state index in [1.54, 1.807) is 23.8 Å². The maximum absolute atomic E-state index is 12.3. The highest BCUT2D eigenvalue weighted by Gasteiger charge is 2.15. The Morgan fingerprint density at radius 1 is 1.45 bits per heavy atom. The Hall–Kier alpha value is -1.60. The molecule has 0 radical (unpaired) electrons. The summed E-state index contributed by atoms with van der Waals surface area (Å²) in [4.78, 5) is 17.1. The average Bonchev–Trinajstić information content (AvgIpc) is 2.90. The number of rotatable bonds is 5. The van der Waals surface area contributed by atoms with Crippen molar-refractivity contribution in [1.29, 1.82) is 0 Å². The molecule has 7 heteroatoms. The van der Waals surface area contributed by atoms with Crippen LogP contribution in [0.1, 0.15) is 23.7 Å². The van der Waals surface area contributed by atoms with Gasteiger partial charge in [-0.25, -0.2) is 0 Å². The number of carbonyl (C=O) groups excluding carboxylic acids is 1. The van der Waals surface area contributed by atoms with Crippen LogP contribution in [0, 0.1) is 0 Å². The lowest BCUT2D eigenvalue weighted by molar-refractivity contribution is 0.0997. The van der Waals surface area contributed by atoms with E-state index in [0.29, 0.717) is 32.9 Å². The molecular formula is C15H17BrN2O3S. The van der Waals surface area contributed by atoms with Gasteiger partial charge in [0.2, 0.25) is 0 Å². The summed E-state index contributed by atoms with van der Waals surface area (Å²) < 4.78 is 13.4. The zero-order valence-electron chi connectivity index (χ0n) is 12.6. The second-order valence-corrected chi connectivity index (χ2v) is 6.28. The van der Waals surface area contributed by atoms with Gasteiger partial charge in [0, 0.05) is 24.2 Å². The minimum atomic E-state index is -0.320. The summed E-state index contributed by atoms with van der Waals surface area (Å²) in [6.07, 6.45) is 2.75. The molecule has 0 atom stereocenters. The van der Waals surface area contributed by atoms with Gasteiger partial charge in [0.25, 0.3) is 5.91 Å². The summed E-state index contributed by atoms with van der Waals surface area (Å²) >= 11 is 4.84. The number of hydrogen-bond donors (Lipinski definition) is 0. The van der Waals surface area contributed by atoms with Crippen molar-refractivity contribution in [3.63, 3.8) is 0 Å². The van der Waals surface area contributed by atoms with Crippen LogP contribution in [0.15, 0.2) is 33.2 Å². The summed E-state index contributed by atoms with van der Waals surface area (Å²) in [6, 6.07) is 3.35. The maximum atomic E-state index is 12.3. The van der Waals surface area contributed by atoms with E-state index in [0.717, 1.165) is 6.42 Å². The van der Waals surface area contributed by atoms with Crippen LogP contribution in [0.25, 0.3) is 0 Å². The fourth-order valence-electron chi connectivity index (χ4n) is 1.77. The van der Waals surface area contributed by atoms with Crippen LogP contribution < -0.4 is 14.3 Å². The third kappa shape index (κ3) is 3.78. The number of benzene rings is 1. The van der Waals surface area contributed by atoms with E-state index in [-0.39, 0.29) is 5.91 Å². The first kappa shape index (κ1) is 16.8. The van der Waals surface area contributed by atoms with Crippen LogP contribution >= 0.6 is 27.3 Å². The first-order valence-corrected chi connectivity index (χ1v) is 8.43. The Bertz CT molecular complexity index is 737.